The Kier molecular flexibility index (Phi) is 12.8. The molecule has 0 saturated heterocycles. The maximum absolute atomic E-state index is 14.2. The quantitative estimate of drug-likeness (QED) is 0.436. The van der Waals surface area contributed by atoms with Crippen molar-refractivity contribution < 1.29 is 29.0 Å². The van der Waals surface area contributed by atoms with E-state index in [0.717, 1.165) is 19.3 Å². The first-order valence-corrected chi connectivity index (χ1v) is 15.1. The molecule has 1 aromatic heterocycles. The average molecular weight is 598 g/mol. The average Bonchev–Trinajstić information content (AvgIpc) is 2.98. The van der Waals surface area contributed by atoms with E-state index in [2.05, 4.69) is 15.6 Å². The van der Waals surface area contributed by atoms with Crippen LogP contribution in [-0.2, 0) is 4.74 Å². The van der Waals surface area contributed by atoms with Crippen LogP contribution in [0, 0.1) is 5.92 Å². The van der Waals surface area contributed by atoms with Crippen molar-refractivity contribution in [3.05, 3.63) is 53.9 Å². The number of carbonyl (C=O) groups excluding carboxylic acids is 3. The lowest BCUT2D eigenvalue weighted by Gasteiger charge is -2.36. The number of hydrogen-bond donors (Lipinski definition) is 3. The molecule has 1 aliphatic heterocycles. The number of hydrogen-bond acceptors (Lipinski definition) is 7. The molecule has 3 rings (SSSR count). The molecule has 0 radical (unpaired) electrons. The molecule has 2 aromatic rings. The Labute approximate surface area is 254 Å². The Hall–Kier alpha value is -3.70. The van der Waals surface area contributed by atoms with Crippen LogP contribution in [0.5, 0.6) is 5.75 Å². The molecule has 43 heavy (non-hydrogen) atoms. The molecule has 0 unspecified atom stereocenters. The molecule has 3 N–H and O–H groups in total. The van der Waals surface area contributed by atoms with E-state index in [1.165, 1.54) is 12.4 Å². The summed E-state index contributed by atoms with van der Waals surface area (Å²) in [4.78, 5) is 46.9. The third-order valence-corrected chi connectivity index (χ3v) is 7.46. The van der Waals surface area contributed by atoms with Crippen molar-refractivity contribution in [2.75, 3.05) is 38.7 Å². The largest absolute Gasteiger partial charge is 0.490 e. The Balaban J connectivity index is 1.94. The number of rotatable bonds is 7. The molecular formula is C32H47N5O6. The Morgan fingerprint density at radius 1 is 1.14 bits per heavy atom. The van der Waals surface area contributed by atoms with E-state index in [9.17, 15) is 19.5 Å². The van der Waals surface area contributed by atoms with Gasteiger partial charge in [-0.05, 0) is 77.3 Å². The molecule has 2 heterocycles. The molecule has 236 valence electrons. The molecule has 0 saturated carbocycles. The van der Waals surface area contributed by atoms with Crippen molar-refractivity contribution in [2.45, 2.75) is 78.2 Å². The van der Waals surface area contributed by atoms with E-state index < -0.39 is 6.04 Å². The molecule has 0 spiro atoms. The van der Waals surface area contributed by atoms with Gasteiger partial charge in [0.25, 0.3) is 11.8 Å². The molecule has 11 nitrogen and oxygen atoms in total. The third-order valence-electron chi connectivity index (χ3n) is 7.46. The summed E-state index contributed by atoms with van der Waals surface area (Å²) >= 11 is 0. The van der Waals surface area contributed by atoms with Crippen LogP contribution in [0.2, 0.25) is 0 Å². The summed E-state index contributed by atoms with van der Waals surface area (Å²) in [5.41, 5.74) is 1.17. The van der Waals surface area contributed by atoms with Gasteiger partial charge >= 0.3 is 6.03 Å². The highest BCUT2D eigenvalue weighted by atomic mass is 16.5. The fourth-order valence-corrected chi connectivity index (χ4v) is 4.88. The number of pyridine rings is 1. The normalized spacial score (nSPS) is 20.8. The van der Waals surface area contributed by atoms with E-state index in [1.807, 2.05) is 27.7 Å². The van der Waals surface area contributed by atoms with Gasteiger partial charge in [-0.15, -0.1) is 0 Å². The van der Waals surface area contributed by atoms with Gasteiger partial charge in [0.1, 0.15) is 5.75 Å². The second kappa shape index (κ2) is 16.2. The van der Waals surface area contributed by atoms with E-state index in [4.69, 9.17) is 9.47 Å². The van der Waals surface area contributed by atoms with Gasteiger partial charge in [-0.2, -0.15) is 0 Å². The summed E-state index contributed by atoms with van der Waals surface area (Å²) in [7, 11) is 1.73. The van der Waals surface area contributed by atoms with Gasteiger partial charge in [0.15, 0.2) is 0 Å². The molecular weight excluding hydrogens is 550 g/mol. The summed E-state index contributed by atoms with van der Waals surface area (Å²) in [6.07, 6.45) is 5.01. The van der Waals surface area contributed by atoms with Crippen molar-refractivity contribution >= 4 is 23.5 Å². The van der Waals surface area contributed by atoms with Crippen LogP contribution in [-0.4, -0.2) is 95.4 Å². The first-order chi connectivity index (χ1) is 20.5. The number of carbonyl (C=O) groups is 3. The molecule has 4 amide bonds. The number of likely N-dealkylation sites (N-methyl/N-ethyl adjacent to an activating group) is 1. The first kappa shape index (κ1) is 33.8. The van der Waals surface area contributed by atoms with Crippen LogP contribution < -0.4 is 15.4 Å². The van der Waals surface area contributed by atoms with Crippen molar-refractivity contribution in [2.24, 2.45) is 5.92 Å². The second-order valence-electron chi connectivity index (χ2n) is 11.7. The highest BCUT2D eigenvalue weighted by molar-refractivity contribution is 6.05. The number of aliphatic hydroxyl groups excluding tert-OH is 1. The van der Waals surface area contributed by atoms with Crippen LogP contribution in [0.1, 0.15) is 74.6 Å². The molecule has 4 atom stereocenters. The standard InChI is InChI=1S/C32H47N5O6/c1-21(2)34-32(41)36(6)19-29-22(3)18-37(23(4)20-38)31(40)27-17-26(35-30(39)25-12-14-33-15-13-25)10-11-28(27)43-24(5)9-7-8-16-42-29/h10-15,17,21-24,29,38H,7-9,16,18-20H2,1-6H3,(H,34,41)(H,35,39)/t22-,23+,24+,29+/m1/s1. The van der Waals surface area contributed by atoms with Crippen LogP contribution >= 0.6 is 0 Å². The van der Waals surface area contributed by atoms with Crippen LogP contribution in [0.3, 0.4) is 0 Å². The number of fused-ring (bicyclic) bond motifs is 1. The summed E-state index contributed by atoms with van der Waals surface area (Å²) in [6.45, 7) is 10.4. The van der Waals surface area contributed by atoms with E-state index >= 15 is 0 Å². The lowest BCUT2D eigenvalue weighted by molar-refractivity contribution is -0.0122. The van der Waals surface area contributed by atoms with Gasteiger partial charge in [0.2, 0.25) is 0 Å². The number of aromatic nitrogens is 1. The van der Waals surface area contributed by atoms with Crippen molar-refractivity contribution in [3.63, 3.8) is 0 Å². The van der Waals surface area contributed by atoms with Gasteiger partial charge in [0.05, 0.1) is 30.4 Å². The highest BCUT2D eigenvalue weighted by Gasteiger charge is 2.31. The van der Waals surface area contributed by atoms with Gasteiger partial charge in [-0.3, -0.25) is 14.6 Å². The Bertz CT molecular complexity index is 1210. The predicted molar refractivity (Wildman–Crippen MR) is 165 cm³/mol. The molecule has 1 aliphatic rings. The minimum Gasteiger partial charge on any atom is -0.490 e. The third kappa shape index (κ3) is 9.93. The number of nitrogens with zero attached hydrogens (tertiary/aromatic N) is 3. The van der Waals surface area contributed by atoms with Crippen molar-refractivity contribution in [1.82, 2.24) is 20.1 Å². The van der Waals surface area contributed by atoms with Crippen LogP contribution in [0.25, 0.3) is 0 Å². The number of ether oxygens (including phenoxy) is 2. The maximum Gasteiger partial charge on any atom is 0.317 e. The molecule has 11 heteroatoms. The van der Waals surface area contributed by atoms with Gasteiger partial charge in [-0.1, -0.05) is 6.92 Å². The molecule has 0 fully saturated rings. The summed E-state index contributed by atoms with van der Waals surface area (Å²) in [5, 5.41) is 15.9. The number of anilines is 1. The lowest BCUT2D eigenvalue weighted by atomic mass is 10.0. The lowest BCUT2D eigenvalue weighted by Crippen LogP contribution is -2.49. The van der Waals surface area contributed by atoms with Crippen LogP contribution in [0.15, 0.2) is 42.7 Å². The molecule has 1 aromatic carbocycles. The minimum atomic E-state index is -0.509. The van der Waals surface area contributed by atoms with Gasteiger partial charge in [0, 0.05) is 62.3 Å². The van der Waals surface area contributed by atoms with Crippen molar-refractivity contribution in [3.8, 4) is 5.75 Å². The molecule has 0 bridgehead atoms. The topological polar surface area (TPSA) is 133 Å². The number of amides is 4. The molecule has 0 aliphatic carbocycles. The monoisotopic (exact) mass is 597 g/mol. The van der Waals surface area contributed by atoms with Gasteiger partial charge in [-0.25, -0.2) is 4.79 Å². The number of aliphatic hydroxyl groups is 1. The second-order valence-corrected chi connectivity index (χ2v) is 11.7. The van der Waals surface area contributed by atoms with Crippen molar-refractivity contribution in [1.29, 1.82) is 0 Å². The van der Waals surface area contributed by atoms with E-state index in [-0.39, 0.29) is 60.7 Å². The SMILES string of the molecule is CC(C)NC(=O)N(C)C[C@@H]1OCCCC[C@H](C)Oc2ccc(NC(=O)c3ccncc3)cc2C(=O)N([C@@H](C)CO)C[C@H]1C. The van der Waals surface area contributed by atoms with E-state index in [0.29, 0.717) is 30.2 Å². The number of benzene rings is 1. The Morgan fingerprint density at radius 3 is 2.53 bits per heavy atom. The fourth-order valence-electron chi connectivity index (χ4n) is 4.88. The van der Waals surface area contributed by atoms with Gasteiger partial charge < -0.3 is 35.0 Å². The smallest absolute Gasteiger partial charge is 0.317 e. The Morgan fingerprint density at radius 2 is 1.86 bits per heavy atom. The van der Waals surface area contributed by atoms with E-state index in [1.54, 1.807) is 54.1 Å². The number of nitrogens with one attached hydrogen (secondary N) is 2. The zero-order valence-electron chi connectivity index (χ0n) is 26.2. The fraction of sp³-hybridized carbons (Fsp3) is 0.562. The summed E-state index contributed by atoms with van der Waals surface area (Å²) in [5.74, 6) is -0.424. The minimum absolute atomic E-state index is 0.000505. The summed E-state index contributed by atoms with van der Waals surface area (Å²) in [6, 6.07) is 7.56. The zero-order valence-corrected chi connectivity index (χ0v) is 26.2. The first-order valence-electron chi connectivity index (χ1n) is 15.1. The van der Waals surface area contributed by atoms with Crippen LogP contribution in [0.4, 0.5) is 10.5 Å². The highest BCUT2D eigenvalue weighted by Crippen LogP contribution is 2.28. The summed E-state index contributed by atoms with van der Waals surface area (Å²) < 4.78 is 12.6. The zero-order chi connectivity index (χ0) is 31.5. The predicted octanol–water partition coefficient (Wildman–Crippen LogP) is 4.18. The maximum atomic E-state index is 14.2. The number of urea groups is 1.